The maximum Gasteiger partial charge on any atom is 0.0589 e. The van der Waals surface area contributed by atoms with Gasteiger partial charge in [0.15, 0.2) is 0 Å². The van der Waals surface area contributed by atoms with E-state index >= 15 is 0 Å². The maximum absolute atomic E-state index is 5.20. The van der Waals surface area contributed by atoms with Gasteiger partial charge in [0.1, 0.15) is 0 Å². The third-order valence-corrected chi connectivity index (χ3v) is 3.44. The highest BCUT2D eigenvalue weighted by Gasteiger charge is 2.23. The molecule has 2 atom stereocenters. The van der Waals surface area contributed by atoms with E-state index in [9.17, 15) is 0 Å². The molecular weight excluding hydrogens is 216 g/mol. The van der Waals surface area contributed by atoms with Gasteiger partial charge in [-0.2, -0.15) is 0 Å². The number of nitrogens with zero attached hydrogens (tertiary/aromatic N) is 1. The van der Waals surface area contributed by atoms with Crippen LogP contribution in [0.3, 0.4) is 0 Å². The molecule has 4 nitrogen and oxygen atoms in total. The van der Waals surface area contributed by atoms with Crippen molar-refractivity contribution in [2.75, 3.05) is 53.6 Å². The van der Waals surface area contributed by atoms with E-state index in [1.807, 2.05) is 0 Å². The quantitative estimate of drug-likeness (QED) is 0.645. The number of methoxy groups -OCH3 is 2. The smallest absolute Gasteiger partial charge is 0.0589 e. The standard InChI is InChI=1S/C13H28N2O2/c1-12-9-13(11-14-10-12)15(6-8-17-3)5-4-7-16-2/h12-14H,4-11H2,1-3H3. The molecule has 0 aromatic heterocycles. The second-order valence-corrected chi connectivity index (χ2v) is 5.03. The zero-order valence-electron chi connectivity index (χ0n) is 11.6. The van der Waals surface area contributed by atoms with E-state index in [0.717, 1.165) is 51.7 Å². The van der Waals surface area contributed by atoms with E-state index < -0.39 is 0 Å². The fourth-order valence-electron chi connectivity index (χ4n) is 2.50. The topological polar surface area (TPSA) is 33.7 Å². The predicted octanol–water partition coefficient (Wildman–Crippen LogP) is 0.969. The Balaban J connectivity index is 2.36. The van der Waals surface area contributed by atoms with Crippen molar-refractivity contribution in [3.63, 3.8) is 0 Å². The Bertz CT molecular complexity index is 190. The van der Waals surface area contributed by atoms with Crippen LogP contribution in [-0.2, 0) is 9.47 Å². The van der Waals surface area contributed by atoms with Crippen molar-refractivity contribution in [3.8, 4) is 0 Å². The summed E-state index contributed by atoms with van der Waals surface area (Å²) in [6.45, 7) is 8.39. The molecule has 17 heavy (non-hydrogen) atoms. The summed E-state index contributed by atoms with van der Waals surface area (Å²) in [6.07, 6.45) is 2.40. The Labute approximate surface area is 106 Å². The van der Waals surface area contributed by atoms with E-state index in [1.54, 1.807) is 14.2 Å². The van der Waals surface area contributed by atoms with Gasteiger partial charge in [0.25, 0.3) is 0 Å². The van der Waals surface area contributed by atoms with Crippen LogP contribution in [0.1, 0.15) is 19.8 Å². The average molecular weight is 244 g/mol. The molecule has 1 rings (SSSR count). The van der Waals surface area contributed by atoms with Crippen molar-refractivity contribution in [3.05, 3.63) is 0 Å². The minimum Gasteiger partial charge on any atom is -0.385 e. The van der Waals surface area contributed by atoms with Crippen LogP contribution in [0, 0.1) is 5.92 Å². The molecule has 0 aromatic carbocycles. The summed E-state index contributed by atoms with van der Waals surface area (Å²) in [5, 5.41) is 3.52. The van der Waals surface area contributed by atoms with Gasteiger partial charge >= 0.3 is 0 Å². The predicted molar refractivity (Wildman–Crippen MR) is 70.4 cm³/mol. The highest BCUT2D eigenvalue weighted by molar-refractivity contribution is 4.81. The molecule has 0 aromatic rings. The molecule has 1 saturated heterocycles. The minimum atomic E-state index is 0.658. The van der Waals surface area contributed by atoms with Crippen molar-refractivity contribution < 1.29 is 9.47 Å². The van der Waals surface area contributed by atoms with Gasteiger partial charge in [-0.3, -0.25) is 4.90 Å². The van der Waals surface area contributed by atoms with E-state index in [4.69, 9.17) is 9.47 Å². The summed E-state index contributed by atoms with van der Waals surface area (Å²) in [7, 11) is 3.54. The van der Waals surface area contributed by atoms with E-state index in [0.29, 0.717) is 6.04 Å². The molecule has 1 fully saturated rings. The summed E-state index contributed by atoms with van der Waals surface area (Å²) in [6, 6.07) is 0.658. The van der Waals surface area contributed by atoms with Crippen molar-refractivity contribution in [2.24, 2.45) is 5.92 Å². The number of ether oxygens (including phenoxy) is 2. The monoisotopic (exact) mass is 244 g/mol. The summed E-state index contributed by atoms with van der Waals surface area (Å²) in [5.74, 6) is 0.779. The van der Waals surface area contributed by atoms with Crippen molar-refractivity contribution in [1.82, 2.24) is 10.2 Å². The molecule has 0 aliphatic carbocycles. The van der Waals surface area contributed by atoms with Crippen LogP contribution in [-0.4, -0.2) is 64.6 Å². The van der Waals surface area contributed by atoms with Gasteiger partial charge in [0, 0.05) is 46.5 Å². The Morgan fingerprint density at radius 2 is 1.88 bits per heavy atom. The lowest BCUT2D eigenvalue weighted by Gasteiger charge is -2.37. The van der Waals surface area contributed by atoms with Crippen LogP contribution in [0.2, 0.25) is 0 Å². The highest BCUT2D eigenvalue weighted by atomic mass is 16.5. The van der Waals surface area contributed by atoms with Gasteiger partial charge in [-0.15, -0.1) is 0 Å². The minimum absolute atomic E-state index is 0.658. The van der Waals surface area contributed by atoms with Crippen molar-refractivity contribution in [2.45, 2.75) is 25.8 Å². The lowest BCUT2D eigenvalue weighted by Crippen LogP contribution is -2.49. The second kappa shape index (κ2) is 8.86. The zero-order chi connectivity index (χ0) is 12.5. The first-order valence-electron chi connectivity index (χ1n) is 6.70. The van der Waals surface area contributed by atoms with Crippen LogP contribution >= 0.6 is 0 Å². The number of hydrogen-bond acceptors (Lipinski definition) is 4. The molecule has 1 aliphatic heterocycles. The number of rotatable bonds is 8. The SMILES string of the molecule is COCCCN(CCOC)C1CNCC(C)C1. The molecule has 102 valence electrons. The van der Waals surface area contributed by atoms with Gasteiger partial charge in [0.05, 0.1) is 6.61 Å². The molecular formula is C13H28N2O2. The zero-order valence-corrected chi connectivity index (χ0v) is 11.6. The molecule has 1 heterocycles. The molecule has 4 heteroatoms. The van der Waals surface area contributed by atoms with Crippen LogP contribution < -0.4 is 5.32 Å². The molecule has 1 aliphatic rings. The fraction of sp³-hybridized carbons (Fsp3) is 1.00. The van der Waals surface area contributed by atoms with Crippen LogP contribution in [0.4, 0.5) is 0 Å². The third kappa shape index (κ3) is 5.82. The molecule has 0 bridgehead atoms. The van der Waals surface area contributed by atoms with E-state index in [-0.39, 0.29) is 0 Å². The lowest BCUT2D eigenvalue weighted by molar-refractivity contribution is 0.0874. The molecule has 1 N–H and O–H groups in total. The first-order chi connectivity index (χ1) is 8.27. The van der Waals surface area contributed by atoms with Gasteiger partial charge in [-0.05, 0) is 25.3 Å². The lowest BCUT2D eigenvalue weighted by atomic mass is 9.96. The van der Waals surface area contributed by atoms with Gasteiger partial charge in [-0.1, -0.05) is 6.92 Å². The van der Waals surface area contributed by atoms with Gasteiger partial charge in [-0.25, -0.2) is 0 Å². The third-order valence-electron chi connectivity index (χ3n) is 3.44. The average Bonchev–Trinajstić information content (AvgIpc) is 2.33. The molecule has 0 spiro atoms. The van der Waals surface area contributed by atoms with Gasteiger partial charge in [0.2, 0.25) is 0 Å². The van der Waals surface area contributed by atoms with E-state index in [1.165, 1.54) is 6.42 Å². The van der Waals surface area contributed by atoms with Crippen molar-refractivity contribution in [1.29, 1.82) is 0 Å². The Kier molecular flexibility index (Phi) is 7.77. The summed E-state index contributed by atoms with van der Waals surface area (Å²) in [4.78, 5) is 2.55. The number of hydrogen-bond donors (Lipinski definition) is 1. The largest absolute Gasteiger partial charge is 0.385 e. The second-order valence-electron chi connectivity index (χ2n) is 5.03. The number of piperidine rings is 1. The first-order valence-corrected chi connectivity index (χ1v) is 6.70. The van der Waals surface area contributed by atoms with Crippen LogP contribution in [0.15, 0.2) is 0 Å². The molecule has 2 unspecified atom stereocenters. The van der Waals surface area contributed by atoms with Gasteiger partial charge < -0.3 is 14.8 Å². The first kappa shape index (κ1) is 14.9. The fourth-order valence-corrected chi connectivity index (χ4v) is 2.50. The Morgan fingerprint density at radius 1 is 1.12 bits per heavy atom. The molecule has 0 amide bonds. The van der Waals surface area contributed by atoms with Crippen LogP contribution in [0.25, 0.3) is 0 Å². The van der Waals surface area contributed by atoms with Crippen molar-refractivity contribution >= 4 is 0 Å². The maximum atomic E-state index is 5.20. The molecule has 0 radical (unpaired) electrons. The summed E-state index contributed by atoms with van der Waals surface area (Å²) < 4.78 is 10.3. The summed E-state index contributed by atoms with van der Waals surface area (Å²) >= 11 is 0. The number of nitrogens with one attached hydrogen (secondary N) is 1. The normalized spacial score (nSPS) is 25.4. The van der Waals surface area contributed by atoms with Crippen LogP contribution in [0.5, 0.6) is 0 Å². The molecule has 0 saturated carbocycles. The highest BCUT2D eigenvalue weighted by Crippen LogP contribution is 2.15. The Morgan fingerprint density at radius 3 is 2.53 bits per heavy atom. The Hall–Kier alpha value is -0.160. The van der Waals surface area contributed by atoms with E-state index in [2.05, 4.69) is 17.1 Å². The summed E-state index contributed by atoms with van der Waals surface area (Å²) in [5.41, 5.74) is 0.